The van der Waals surface area contributed by atoms with E-state index in [1.807, 2.05) is 0 Å². The van der Waals surface area contributed by atoms with E-state index in [1.165, 1.54) is 13.2 Å². The van der Waals surface area contributed by atoms with E-state index in [2.05, 4.69) is 9.72 Å². The Bertz CT molecular complexity index is 783. The van der Waals surface area contributed by atoms with Crippen LogP contribution in [0.15, 0.2) is 23.1 Å². The van der Waals surface area contributed by atoms with Crippen molar-refractivity contribution in [3.63, 3.8) is 0 Å². The number of imidazole rings is 1. The minimum absolute atomic E-state index is 0.0353. The molecule has 1 heterocycles. The van der Waals surface area contributed by atoms with Crippen LogP contribution >= 0.6 is 11.6 Å². The second-order valence-electron chi connectivity index (χ2n) is 4.53. The van der Waals surface area contributed by atoms with E-state index in [9.17, 15) is 13.2 Å². The smallest absolute Gasteiger partial charge is 0.325 e. The Morgan fingerprint density at radius 3 is 2.71 bits per heavy atom. The molecule has 8 heteroatoms. The topological polar surface area (TPSA) is 78.3 Å². The first-order valence-corrected chi connectivity index (χ1v) is 8.62. The number of benzene rings is 1. The van der Waals surface area contributed by atoms with E-state index >= 15 is 0 Å². The molecule has 2 rings (SSSR count). The predicted molar refractivity (Wildman–Crippen MR) is 79.3 cm³/mol. The van der Waals surface area contributed by atoms with Crippen molar-refractivity contribution >= 4 is 38.4 Å². The van der Waals surface area contributed by atoms with Crippen LogP contribution in [0.2, 0.25) is 0 Å². The van der Waals surface area contributed by atoms with Crippen LogP contribution in [0.3, 0.4) is 0 Å². The second-order valence-corrected chi connectivity index (χ2v) is 6.89. The third kappa shape index (κ3) is 3.19. The number of aryl methyl sites for hydroxylation is 1. The average molecular weight is 331 g/mol. The summed E-state index contributed by atoms with van der Waals surface area (Å²) in [6.07, 6.45) is 1.55. The van der Waals surface area contributed by atoms with Gasteiger partial charge in [0.15, 0.2) is 9.84 Å². The Morgan fingerprint density at radius 1 is 1.43 bits per heavy atom. The van der Waals surface area contributed by atoms with E-state index in [0.717, 1.165) is 6.26 Å². The Labute approximate surface area is 127 Å². The Morgan fingerprint density at radius 2 is 2.14 bits per heavy atom. The fraction of sp³-hybridized carbons (Fsp3) is 0.385. The van der Waals surface area contributed by atoms with Crippen LogP contribution in [-0.2, 0) is 32.3 Å². The molecule has 0 unspecified atom stereocenters. The summed E-state index contributed by atoms with van der Waals surface area (Å²) in [4.78, 5) is 16.0. The van der Waals surface area contributed by atoms with E-state index < -0.39 is 15.8 Å². The van der Waals surface area contributed by atoms with Gasteiger partial charge in [-0.3, -0.25) is 4.79 Å². The summed E-state index contributed by atoms with van der Waals surface area (Å²) in [5, 5.41) is 0. The molecule has 0 saturated carbocycles. The molecule has 1 aromatic heterocycles. The number of aromatic nitrogens is 2. The molecule has 0 aliphatic heterocycles. The molecule has 1 aromatic carbocycles. The SMILES string of the molecule is COC(=O)Cn1c(CCCl)nc2c(S(C)(=O)=O)cccc21. The number of fused-ring (bicyclic) bond motifs is 1. The van der Waals surface area contributed by atoms with Crippen LogP contribution in [0, 0.1) is 0 Å². The number of alkyl halides is 1. The number of para-hydroxylation sites is 1. The normalized spacial score (nSPS) is 11.8. The van der Waals surface area contributed by atoms with Crippen LogP contribution in [0.1, 0.15) is 5.82 Å². The third-order valence-corrected chi connectivity index (χ3v) is 4.37. The third-order valence-electron chi connectivity index (χ3n) is 3.05. The van der Waals surface area contributed by atoms with E-state index in [-0.39, 0.29) is 11.4 Å². The van der Waals surface area contributed by atoms with Gasteiger partial charge in [0.25, 0.3) is 0 Å². The standard InChI is InChI=1S/C13H15ClN2O4S/c1-20-12(17)8-16-9-4-3-5-10(21(2,18)19)13(9)15-11(16)6-7-14/h3-5H,6-8H2,1-2H3. The minimum atomic E-state index is -3.41. The van der Waals surface area contributed by atoms with Crippen molar-refractivity contribution in [1.29, 1.82) is 0 Å². The van der Waals surface area contributed by atoms with Gasteiger partial charge in [0.05, 0.1) is 17.5 Å². The Hall–Kier alpha value is -1.60. The number of carbonyl (C=O) groups excluding carboxylic acids is 1. The summed E-state index contributed by atoms with van der Waals surface area (Å²) in [5.74, 6) is 0.440. The predicted octanol–water partition coefficient (Wildman–Crippen LogP) is 1.39. The van der Waals surface area contributed by atoms with Crippen molar-refractivity contribution in [2.45, 2.75) is 17.9 Å². The van der Waals surface area contributed by atoms with Crippen molar-refractivity contribution in [2.24, 2.45) is 0 Å². The number of methoxy groups -OCH3 is 1. The van der Waals surface area contributed by atoms with Crippen LogP contribution in [0.5, 0.6) is 0 Å². The zero-order chi connectivity index (χ0) is 15.6. The van der Waals surface area contributed by atoms with Gasteiger partial charge < -0.3 is 9.30 Å². The molecule has 0 N–H and O–H groups in total. The molecular weight excluding hydrogens is 316 g/mol. The molecule has 0 saturated heterocycles. The maximum Gasteiger partial charge on any atom is 0.325 e. The van der Waals surface area contributed by atoms with Gasteiger partial charge in [0.1, 0.15) is 17.9 Å². The molecule has 0 aliphatic rings. The highest BCUT2D eigenvalue weighted by atomic mass is 35.5. The summed E-state index contributed by atoms with van der Waals surface area (Å²) in [5.41, 5.74) is 0.924. The number of ether oxygens (including phenoxy) is 1. The quantitative estimate of drug-likeness (QED) is 0.611. The van der Waals surface area contributed by atoms with E-state index in [1.54, 1.807) is 16.7 Å². The first-order valence-electron chi connectivity index (χ1n) is 6.19. The zero-order valence-corrected chi connectivity index (χ0v) is 13.2. The number of hydrogen-bond donors (Lipinski definition) is 0. The summed E-state index contributed by atoms with van der Waals surface area (Å²) in [6.45, 7) is -0.0353. The maximum atomic E-state index is 11.8. The fourth-order valence-corrected chi connectivity index (χ4v) is 3.11. The number of nitrogens with zero attached hydrogens (tertiary/aromatic N) is 2. The maximum absolute atomic E-state index is 11.8. The number of rotatable bonds is 5. The van der Waals surface area contributed by atoms with Gasteiger partial charge in [-0.1, -0.05) is 6.07 Å². The second kappa shape index (κ2) is 6.03. The van der Waals surface area contributed by atoms with Crippen LogP contribution in [0.25, 0.3) is 11.0 Å². The first-order chi connectivity index (χ1) is 9.88. The first kappa shape index (κ1) is 15.8. The van der Waals surface area contributed by atoms with Gasteiger partial charge in [0.2, 0.25) is 0 Å². The fourth-order valence-electron chi connectivity index (χ4n) is 2.11. The lowest BCUT2D eigenvalue weighted by Gasteiger charge is -2.07. The summed E-state index contributed by atoms with van der Waals surface area (Å²) in [6, 6.07) is 4.84. The lowest BCUT2D eigenvalue weighted by Crippen LogP contribution is -2.14. The lowest BCUT2D eigenvalue weighted by atomic mass is 10.3. The zero-order valence-electron chi connectivity index (χ0n) is 11.7. The largest absolute Gasteiger partial charge is 0.468 e. The number of carbonyl (C=O) groups is 1. The van der Waals surface area contributed by atoms with Gasteiger partial charge in [-0.2, -0.15) is 0 Å². The molecule has 0 atom stereocenters. The van der Waals surface area contributed by atoms with Crippen molar-refractivity contribution in [3.05, 3.63) is 24.0 Å². The highest BCUT2D eigenvalue weighted by molar-refractivity contribution is 7.91. The Kier molecular flexibility index (Phi) is 4.53. The van der Waals surface area contributed by atoms with Crippen molar-refractivity contribution in [2.75, 3.05) is 19.2 Å². The Balaban J connectivity index is 2.70. The van der Waals surface area contributed by atoms with Crippen LogP contribution in [0.4, 0.5) is 0 Å². The van der Waals surface area contributed by atoms with Crippen molar-refractivity contribution in [1.82, 2.24) is 9.55 Å². The van der Waals surface area contributed by atoms with Crippen LogP contribution in [-0.4, -0.2) is 43.2 Å². The number of esters is 1. The molecule has 0 spiro atoms. The molecular formula is C13H15ClN2O4S. The van der Waals surface area contributed by atoms with Gasteiger partial charge in [-0.15, -0.1) is 11.6 Å². The monoisotopic (exact) mass is 330 g/mol. The number of halogens is 1. The van der Waals surface area contributed by atoms with Crippen molar-refractivity contribution in [3.8, 4) is 0 Å². The van der Waals surface area contributed by atoms with Gasteiger partial charge in [0, 0.05) is 18.6 Å². The summed E-state index contributed by atoms with van der Waals surface area (Å²) >= 11 is 5.75. The molecule has 6 nitrogen and oxygen atoms in total. The summed E-state index contributed by atoms with van der Waals surface area (Å²) in [7, 11) is -2.11. The van der Waals surface area contributed by atoms with Gasteiger partial charge >= 0.3 is 5.97 Å². The molecule has 0 bridgehead atoms. The van der Waals surface area contributed by atoms with Gasteiger partial charge in [-0.05, 0) is 12.1 Å². The molecule has 0 radical (unpaired) electrons. The van der Waals surface area contributed by atoms with E-state index in [0.29, 0.717) is 29.2 Å². The lowest BCUT2D eigenvalue weighted by molar-refractivity contribution is -0.141. The molecule has 0 amide bonds. The summed E-state index contributed by atoms with van der Waals surface area (Å²) < 4.78 is 30.0. The number of sulfone groups is 1. The molecule has 0 fully saturated rings. The number of hydrogen-bond acceptors (Lipinski definition) is 5. The van der Waals surface area contributed by atoms with Gasteiger partial charge in [-0.25, -0.2) is 13.4 Å². The highest BCUT2D eigenvalue weighted by Crippen LogP contribution is 2.24. The highest BCUT2D eigenvalue weighted by Gasteiger charge is 2.19. The van der Waals surface area contributed by atoms with Crippen molar-refractivity contribution < 1.29 is 17.9 Å². The average Bonchev–Trinajstić information content (AvgIpc) is 2.76. The minimum Gasteiger partial charge on any atom is -0.468 e. The molecule has 2 aromatic rings. The molecule has 114 valence electrons. The molecule has 0 aliphatic carbocycles. The molecule has 21 heavy (non-hydrogen) atoms. The van der Waals surface area contributed by atoms with E-state index in [4.69, 9.17) is 11.6 Å². The van der Waals surface area contributed by atoms with Crippen LogP contribution < -0.4 is 0 Å².